The van der Waals surface area contributed by atoms with Crippen LogP contribution in [0.3, 0.4) is 0 Å². The molecule has 4 aromatic rings. The summed E-state index contributed by atoms with van der Waals surface area (Å²) < 4.78 is 7.20. The number of oxazole rings is 1. The fourth-order valence-electron chi connectivity index (χ4n) is 2.93. The van der Waals surface area contributed by atoms with E-state index in [9.17, 15) is 4.79 Å². The van der Waals surface area contributed by atoms with Gasteiger partial charge in [0.25, 0.3) is 5.91 Å². The van der Waals surface area contributed by atoms with Crippen LogP contribution in [0.2, 0.25) is 0 Å². The number of amides is 1. The van der Waals surface area contributed by atoms with Crippen molar-refractivity contribution < 1.29 is 9.21 Å². The summed E-state index contributed by atoms with van der Waals surface area (Å²) in [5.41, 5.74) is 9.45. The van der Waals surface area contributed by atoms with Crippen LogP contribution < -0.4 is 11.1 Å². The van der Waals surface area contributed by atoms with Crippen molar-refractivity contribution in [3.8, 4) is 11.5 Å². The molecule has 4 rings (SSSR count). The molecule has 2 aromatic heterocycles. The summed E-state index contributed by atoms with van der Waals surface area (Å²) in [7, 11) is 0. The summed E-state index contributed by atoms with van der Waals surface area (Å²) in [6.07, 6.45) is 0. The van der Waals surface area contributed by atoms with E-state index in [1.807, 2.05) is 62.4 Å². The van der Waals surface area contributed by atoms with Gasteiger partial charge < -0.3 is 15.5 Å². The minimum atomic E-state index is -0.416. The van der Waals surface area contributed by atoms with Gasteiger partial charge in [0.2, 0.25) is 5.89 Å². The van der Waals surface area contributed by atoms with E-state index in [0.29, 0.717) is 23.0 Å². The van der Waals surface area contributed by atoms with Crippen molar-refractivity contribution >= 4 is 17.4 Å². The van der Waals surface area contributed by atoms with Gasteiger partial charge in [-0.15, -0.1) is 5.10 Å². The van der Waals surface area contributed by atoms with E-state index in [1.165, 1.54) is 4.68 Å². The van der Waals surface area contributed by atoms with Crippen LogP contribution in [0.1, 0.15) is 27.5 Å². The van der Waals surface area contributed by atoms with E-state index in [2.05, 4.69) is 20.6 Å². The van der Waals surface area contributed by atoms with E-state index in [1.54, 1.807) is 6.07 Å². The molecule has 0 aliphatic heterocycles. The van der Waals surface area contributed by atoms with Gasteiger partial charge in [-0.2, -0.15) is 0 Å². The van der Waals surface area contributed by atoms with Crippen LogP contribution >= 0.6 is 0 Å². The van der Waals surface area contributed by atoms with Gasteiger partial charge >= 0.3 is 0 Å². The first-order valence-electron chi connectivity index (χ1n) is 9.10. The topological polar surface area (TPSA) is 112 Å². The zero-order valence-corrected chi connectivity index (χ0v) is 16.1. The van der Waals surface area contributed by atoms with Gasteiger partial charge in [0.05, 0.1) is 6.54 Å². The first-order chi connectivity index (χ1) is 14.0. The van der Waals surface area contributed by atoms with Gasteiger partial charge in [-0.05, 0) is 43.7 Å². The Balaban J connectivity index is 1.53. The molecule has 8 heteroatoms. The van der Waals surface area contributed by atoms with Crippen LogP contribution in [0.25, 0.3) is 11.5 Å². The number of rotatable bonds is 5. The molecular formula is C21H20N6O2. The Morgan fingerprint density at radius 2 is 1.93 bits per heavy atom. The van der Waals surface area contributed by atoms with Crippen LogP contribution in [0.4, 0.5) is 11.5 Å². The highest BCUT2D eigenvalue weighted by Crippen LogP contribution is 2.23. The summed E-state index contributed by atoms with van der Waals surface area (Å²) in [6, 6.07) is 17.1. The minimum Gasteiger partial charge on any atom is -0.441 e. The second-order valence-corrected chi connectivity index (χ2v) is 6.69. The Bertz CT molecular complexity index is 1160. The molecule has 0 spiro atoms. The van der Waals surface area contributed by atoms with Crippen molar-refractivity contribution in [2.75, 3.05) is 11.1 Å². The molecule has 2 aromatic carbocycles. The smallest absolute Gasteiger partial charge is 0.280 e. The van der Waals surface area contributed by atoms with Crippen molar-refractivity contribution in [2.45, 2.75) is 20.4 Å². The molecule has 0 saturated carbocycles. The van der Waals surface area contributed by atoms with Gasteiger partial charge in [0.1, 0.15) is 11.5 Å². The number of nitrogens with two attached hydrogens (primary N) is 1. The molecule has 0 aliphatic carbocycles. The number of aryl methyl sites for hydroxylation is 2. The molecular weight excluding hydrogens is 368 g/mol. The number of nitrogens with zero attached hydrogens (tertiary/aromatic N) is 4. The second kappa shape index (κ2) is 7.59. The van der Waals surface area contributed by atoms with Crippen LogP contribution in [-0.2, 0) is 6.54 Å². The van der Waals surface area contributed by atoms with Crippen molar-refractivity contribution in [1.82, 2.24) is 20.0 Å². The van der Waals surface area contributed by atoms with Crippen molar-refractivity contribution in [2.24, 2.45) is 0 Å². The van der Waals surface area contributed by atoms with E-state index in [-0.39, 0.29) is 18.1 Å². The van der Waals surface area contributed by atoms with Crippen LogP contribution in [0, 0.1) is 13.8 Å². The summed E-state index contributed by atoms with van der Waals surface area (Å²) in [6.45, 7) is 4.02. The first kappa shape index (κ1) is 18.4. The summed E-state index contributed by atoms with van der Waals surface area (Å²) in [5.74, 6) is 0.929. The largest absolute Gasteiger partial charge is 0.441 e. The van der Waals surface area contributed by atoms with Gasteiger partial charge in [-0.3, -0.25) is 4.79 Å². The average molecular weight is 388 g/mol. The van der Waals surface area contributed by atoms with Crippen molar-refractivity contribution in [1.29, 1.82) is 0 Å². The third-order valence-corrected chi connectivity index (χ3v) is 4.48. The monoisotopic (exact) mass is 388 g/mol. The SMILES string of the molecule is Cc1cccc(NC(=O)c2nnn(Cc3nc(-c4ccccc4)oc3C)c2N)c1. The van der Waals surface area contributed by atoms with Gasteiger partial charge in [0.15, 0.2) is 11.5 Å². The molecule has 29 heavy (non-hydrogen) atoms. The highest BCUT2D eigenvalue weighted by atomic mass is 16.4. The van der Waals surface area contributed by atoms with Crippen LogP contribution in [0.5, 0.6) is 0 Å². The number of benzene rings is 2. The maximum atomic E-state index is 12.5. The molecule has 0 aliphatic rings. The molecule has 1 amide bonds. The molecule has 0 fully saturated rings. The fraction of sp³-hybridized carbons (Fsp3) is 0.143. The maximum Gasteiger partial charge on any atom is 0.280 e. The van der Waals surface area contributed by atoms with Gasteiger partial charge in [-0.25, -0.2) is 9.67 Å². The van der Waals surface area contributed by atoms with Crippen molar-refractivity contribution in [3.63, 3.8) is 0 Å². The number of aromatic nitrogens is 4. The number of carbonyl (C=O) groups excluding carboxylic acids is 1. The van der Waals surface area contributed by atoms with Gasteiger partial charge in [-0.1, -0.05) is 35.5 Å². The maximum absolute atomic E-state index is 12.5. The highest BCUT2D eigenvalue weighted by Gasteiger charge is 2.20. The van der Waals surface area contributed by atoms with E-state index >= 15 is 0 Å². The fourth-order valence-corrected chi connectivity index (χ4v) is 2.93. The number of nitrogens with one attached hydrogen (secondary N) is 1. The molecule has 3 N–H and O–H groups in total. The Hall–Kier alpha value is -3.94. The predicted molar refractivity (Wildman–Crippen MR) is 109 cm³/mol. The number of nitrogen functional groups attached to an aromatic ring is 1. The lowest BCUT2D eigenvalue weighted by Crippen LogP contribution is -2.15. The minimum absolute atomic E-state index is 0.0657. The third-order valence-electron chi connectivity index (χ3n) is 4.48. The second-order valence-electron chi connectivity index (χ2n) is 6.69. The van der Waals surface area contributed by atoms with Crippen LogP contribution in [0.15, 0.2) is 59.0 Å². The third kappa shape index (κ3) is 3.86. The van der Waals surface area contributed by atoms with Crippen LogP contribution in [-0.4, -0.2) is 25.9 Å². The quantitative estimate of drug-likeness (QED) is 0.542. The number of carbonyl (C=O) groups is 1. The zero-order valence-electron chi connectivity index (χ0n) is 16.1. The highest BCUT2D eigenvalue weighted by molar-refractivity contribution is 6.05. The number of hydrogen-bond acceptors (Lipinski definition) is 6. The van der Waals surface area contributed by atoms with E-state index in [0.717, 1.165) is 11.1 Å². The zero-order chi connectivity index (χ0) is 20.4. The Kier molecular flexibility index (Phi) is 4.82. The molecule has 0 unspecified atom stereocenters. The lowest BCUT2D eigenvalue weighted by atomic mass is 10.2. The standard InChI is InChI=1S/C21H20N6O2/c1-13-7-6-10-16(11-13)23-20(28)18-19(22)27(26-25-18)12-17-14(2)29-21(24-17)15-8-4-3-5-9-15/h3-11H,12,22H2,1-2H3,(H,23,28). The Morgan fingerprint density at radius 3 is 2.69 bits per heavy atom. The molecule has 0 radical (unpaired) electrons. The summed E-state index contributed by atoms with van der Waals surface area (Å²) >= 11 is 0. The molecule has 8 nitrogen and oxygen atoms in total. The van der Waals surface area contributed by atoms with Gasteiger partial charge in [0, 0.05) is 11.3 Å². The van der Waals surface area contributed by atoms with Crippen molar-refractivity contribution in [3.05, 3.63) is 77.3 Å². The lowest BCUT2D eigenvalue weighted by molar-refractivity contribution is 0.102. The normalized spacial score (nSPS) is 10.8. The average Bonchev–Trinajstić information content (AvgIpc) is 3.26. The molecule has 2 heterocycles. The molecule has 0 saturated heterocycles. The van der Waals surface area contributed by atoms with E-state index < -0.39 is 5.91 Å². The summed E-state index contributed by atoms with van der Waals surface area (Å²) in [4.78, 5) is 17.1. The molecule has 0 atom stereocenters. The Morgan fingerprint density at radius 1 is 1.14 bits per heavy atom. The first-order valence-corrected chi connectivity index (χ1v) is 9.10. The number of hydrogen-bond donors (Lipinski definition) is 2. The Labute approximate surface area is 167 Å². The predicted octanol–water partition coefficient (Wildman–Crippen LogP) is 3.43. The number of anilines is 2. The molecule has 0 bridgehead atoms. The molecule has 146 valence electrons. The van der Waals surface area contributed by atoms with E-state index in [4.69, 9.17) is 10.2 Å². The summed E-state index contributed by atoms with van der Waals surface area (Å²) in [5, 5.41) is 10.7. The lowest BCUT2D eigenvalue weighted by Gasteiger charge is -2.05.